The Hall–Kier alpha value is -2.83. The first kappa shape index (κ1) is 22.8. The van der Waals surface area contributed by atoms with E-state index >= 15 is 0 Å². The molecule has 1 N–H and O–H groups in total. The minimum Gasteiger partial charge on any atom is -0.388 e. The van der Waals surface area contributed by atoms with E-state index in [0.29, 0.717) is 12.9 Å². The van der Waals surface area contributed by atoms with Gasteiger partial charge in [0.1, 0.15) is 18.3 Å². The van der Waals surface area contributed by atoms with Gasteiger partial charge in [-0.3, -0.25) is 0 Å². The summed E-state index contributed by atoms with van der Waals surface area (Å²) >= 11 is 0. The smallest absolute Gasteiger partial charge is 0.151 e. The van der Waals surface area contributed by atoms with E-state index in [1.807, 2.05) is 91.0 Å². The topological polar surface area (TPSA) is 65.0 Å². The van der Waals surface area contributed by atoms with Crippen molar-refractivity contribution in [1.29, 1.82) is 0 Å². The predicted octanol–water partition coefficient (Wildman–Crippen LogP) is 3.93. The van der Waals surface area contributed by atoms with Crippen molar-refractivity contribution in [2.45, 2.75) is 38.1 Å². The Morgan fingerprint density at radius 1 is 0.677 bits per heavy atom. The van der Waals surface area contributed by atoms with Crippen LogP contribution >= 0.6 is 0 Å². The molecule has 0 aliphatic carbocycles. The van der Waals surface area contributed by atoms with E-state index in [1.165, 1.54) is 0 Å². The van der Waals surface area contributed by atoms with Gasteiger partial charge in [0.05, 0.1) is 26.4 Å². The van der Waals surface area contributed by atoms with Crippen LogP contribution in [0.15, 0.2) is 91.0 Å². The number of aliphatic hydroxyl groups excluding tert-OH is 1. The first-order valence-corrected chi connectivity index (χ1v) is 10.3. The SMILES string of the molecule is O=C[C@H](OCc1ccccc1)[C@H](OCc1ccccc1)[C@H](O)COCc1ccccc1. The van der Waals surface area contributed by atoms with Gasteiger partial charge in [-0.25, -0.2) is 0 Å². The number of benzene rings is 3. The van der Waals surface area contributed by atoms with Gasteiger partial charge < -0.3 is 24.1 Å². The van der Waals surface area contributed by atoms with Crippen LogP contribution in [0.1, 0.15) is 16.7 Å². The summed E-state index contributed by atoms with van der Waals surface area (Å²) in [7, 11) is 0. The minimum atomic E-state index is -1.03. The molecule has 0 bridgehead atoms. The molecular formula is C26H28O5. The third-order valence-corrected chi connectivity index (χ3v) is 4.81. The van der Waals surface area contributed by atoms with Gasteiger partial charge >= 0.3 is 0 Å². The van der Waals surface area contributed by atoms with E-state index < -0.39 is 18.3 Å². The minimum absolute atomic E-state index is 0.0212. The van der Waals surface area contributed by atoms with Crippen LogP contribution in [0, 0.1) is 0 Å². The van der Waals surface area contributed by atoms with Crippen LogP contribution in [0.3, 0.4) is 0 Å². The van der Waals surface area contributed by atoms with Crippen molar-refractivity contribution >= 4 is 6.29 Å². The number of aliphatic hydroxyl groups is 1. The van der Waals surface area contributed by atoms with Crippen LogP contribution in [0.25, 0.3) is 0 Å². The zero-order valence-electron chi connectivity index (χ0n) is 17.4. The van der Waals surface area contributed by atoms with E-state index in [4.69, 9.17) is 14.2 Å². The molecule has 5 nitrogen and oxygen atoms in total. The fourth-order valence-corrected chi connectivity index (χ4v) is 3.14. The van der Waals surface area contributed by atoms with Gasteiger partial charge in [-0.05, 0) is 16.7 Å². The summed E-state index contributed by atoms with van der Waals surface area (Å²) in [5.74, 6) is 0. The van der Waals surface area contributed by atoms with Crippen LogP contribution in [0.2, 0.25) is 0 Å². The molecule has 0 aliphatic heterocycles. The molecule has 5 heteroatoms. The van der Waals surface area contributed by atoms with E-state index in [0.717, 1.165) is 16.7 Å². The molecule has 0 fully saturated rings. The molecule has 3 aromatic rings. The summed E-state index contributed by atoms with van der Waals surface area (Å²) in [4.78, 5) is 11.8. The fraction of sp³-hybridized carbons (Fsp3) is 0.269. The fourth-order valence-electron chi connectivity index (χ4n) is 3.14. The Balaban J connectivity index is 1.62. The maximum atomic E-state index is 11.8. The molecule has 162 valence electrons. The number of hydrogen-bond acceptors (Lipinski definition) is 5. The summed E-state index contributed by atoms with van der Waals surface area (Å²) in [6, 6.07) is 28.9. The van der Waals surface area contributed by atoms with Crippen molar-refractivity contribution < 1.29 is 24.1 Å². The second kappa shape index (κ2) is 12.8. The lowest BCUT2D eigenvalue weighted by molar-refractivity contribution is -0.156. The summed E-state index contributed by atoms with van der Waals surface area (Å²) in [6.07, 6.45) is -2.14. The third-order valence-electron chi connectivity index (χ3n) is 4.81. The maximum absolute atomic E-state index is 11.8. The van der Waals surface area contributed by atoms with E-state index in [-0.39, 0.29) is 19.8 Å². The third kappa shape index (κ3) is 7.74. The van der Waals surface area contributed by atoms with Crippen molar-refractivity contribution in [3.05, 3.63) is 108 Å². The Morgan fingerprint density at radius 3 is 1.61 bits per heavy atom. The first-order chi connectivity index (χ1) is 15.3. The number of rotatable bonds is 13. The van der Waals surface area contributed by atoms with E-state index in [9.17, 15) is 9.90 Å². The number of ether oxygens (including phenoxy) is 3. The van der Waals surface area contributed by atoms with E-state index in [1.54, 1.807) is 0 Å². The van der Waals surface area contributed by atoms with Crippen LogP contribution in [-0.4, -0.2) is 36.3 Å². The van der Waals surface area contributed by atoms with Crippen molar-refractivity contribution in [1.82, 2.24) is 0 Å². The maximum Gasteiger partial charge on any atom is 0.151 e. The highest BCUT2D eigenvalue weighted by Crippen LogP contribution is 2.15. The normalized spacial score (nSPS) is 14.0. The Morgan fingerprint density at radius 2 is 1.13 bits per heavy atom. The second-order valence-electron chi connectivity index (χ2n) is 7.23. The van der Waals surface area contributed by atoms with Crippen LogP contribution in [0.4, 0.5) is 0 Å². The summed E-state index contributed by atoms with van der Waals surface area (Å²) in [5, 5.41) is 10.8. The number of hydrogen-bond donors (Lipinski definition) is 1. The molecular weight excluding hydrogens is 392 g/mol. The van der Waals surface area contributed by atoms with Crippen LogP contribution < -0.4 is 0 Å². The average Bonchev–Trinajstić information content (AvgIpc) is 2.83. The van der Waals surface area contributed by atoms with Gasteiger partial charge in [-0.2, -0.15) is 0 Å². The summed E-state index contributed by atoms with van der Waals surface area (Å²) in [5.41, 5.74) is 2.88. The molecule has 0 aliphatic rings. The summed E-state index contributed by atoms with van der Waals surface area (Å²) in [6.45, 7) is 0.876. The highest BCUT2D eigenvalue weighted by molar-refractivity contribution is 5.57. The molecule has 0 heterocycles. The molecule has 0 saturated heterocycles. The molecule has 3 rings (SSSR count). The zero-order valence-corrected chi connectivity index (χ0v) is 17.4. The Kier molecular flexibility index (Phi) is 9.41. The molecule has 3 atom stereocenters. The van der Waals surface area contributed by atoms with Gasteiger partial charge in [0.2, 0.25) is 0 Å². The van der Waals surface area contributed by atoms with Gasteiger partial charge in [-0.1, -0.05) is 91.0 Å². The van der Waals surface area contributed by atoms with Gasteiger partial charge in [-0.15, -0.1) is 0 Å². The predicted molar refractivity (Wildman–Crippen MR) is 118 cm³/mol. The quantitative estimate of drug-likeness (QED) is 0.425. The van der Waals surface area contributed by atoms with Gasteiger partial charge in [0.15, 0.2) is 6.29 Å². The molecule has 31 heavy (non-hydrogen) atoms. The van der Waals surface area contributed by atoms with Gasteiger partial charge in [0.25, 0.3) is 0 Å². The standard InChI is InChI=1S/C26H28O5/c27-16-25(30-18-22-12-6-2-7-13-22)26(31-19-23-14-8-3-9-15-23)24(28)20-29-17-21-10-4-1-5-11-21/h1-16,24-26,28H,17-20H2/t24-,25+,26-/m1/s1. The zero-order chi connectivity index (χ0) is 21.7. The van der Waals surface area contributed by atoms with E-state index in [2.05, 4.69) is 0 Å². The summed E-state index contributed by atoms with van der Waals surface area (Å²) < 4.78 is 17.4. The molecule has 3 aromatic carbocycles. The lowest BCUT2D eigenvalue weighted by atomic mass is 10.1. The monoisotopic (exact) mass is 420 g/mol. The molecule has 0 amide bonds. The van der Waals surface area contributed by atoms with Crippen molar-refractivity contribution in [3.8, 4) is 0 Å². The average molecular weight is 421 g/mol. The van der Waals surface area contributed by atoms with Crippen molar-refractivity contribution in [3.63, 3.8) is 0 Å². The lowest BCUT2D eigenvalue weighted by Gasteiger charge is -2.28. The lowest BCUT2D eigenvalue weighted by Crippen LogP contribution is -2.44. The number of carbonyl (C=O) groups is 1. The number of carbonyl (C=O) groups excluding carboxylic acids is 1. The largest absolute Gasteiger partial charge is 0.388 e. The van der Waals surface area contributed by atoms with Crippen molar-refractivity contribution in [2.75, 3.05) is 6.61 Å². The number of aldehydes is 1. The second-order valence-corrected chi connectivity index (χ2v) is 7.23. The Bertz CT molecular complexity index is 870. The molecule has 0 radical (unpaired) electrons. The molecule has 0 saturated carbocycles. The van der Waals surface area contributed by atoms with Gasteiger partial charge in [0, 0.05) is 0 Å². The highest BCUT2D eigenvalue weighted by atomic mass is 16.6. The highest BCUT2D eigenvalue weighted by Gasteiger charge is 2.30. The Labute approximate surface area is 183 Å². The molecule has 0 unspecified atom stereocenters. The van der Waals surface area contributed by atoms with Crippen molar-refractivity contribution in [2.24, 2.45) is 0 Å². The first-order valence-electron chi connectivity index (χ1n) is 10.3. The van der Waals surface area contributed by atoms with Crippen LogP contribution in [0.5, 0.6) is 0 Å². The van der Waals surface area contributed by atoms with Crippen LogP contribution in [-0.2, 0) is 38.8 Å². The molecule has 0 spiro atoms. The molecule has 0 aromatic heterocycles.